The lowest BCUT2D eigenvalue weighted by Crippen LogP contribution is -2.49. The molecule has 0 radical (unpaired) electrons. The van der Waals surface area contributed by atoms with E-state index < -0.39 is 9.84 Å². The number of rotatable bonds is 3. The highest BCUT2D eigenvalue weighted by atomic mass is 32.2. The van der Waals surface area contributed by atoms with Crippen LogP contribution in [0.4, 0.5) is 11.5 Å². The number of amidine groups is 1. The molecule has 0 bridgehead atoms. The van der Waals surface area contributed by atoms with Gasteiger partial charge >= 0.3 is 0 Å². The topological polar surface area (TPSA) is 95.0 Å². The number of sulfone groups is 1. The fraction of sp³-hybridized carbons (Fsp3) is 0.381. The molecule has 10 heteroatoms. The van der Waals surface area contributed by atoms with Crippen LogP contribution in [0.3, 0.4) is 0 Å². The number of fused-ring (bicyclic) bond motifs is 1. The number of aromatic nitrogens is 1. The fourth-order valence-electron chi connectivity index (χ4n) is 4.13. The molecular weight excluding hydrogens is 434 g/mol. The summed E-state index contributed by atoms with van der Waals surface area (Å²) in [6.07, 6.45) is 1.78. The van der Waals surface area contributed by atoms with Crippen LogP contribution < -0.4 is 10.2 Å². The minimum Gasteiger partial charge on any atom is -0.353 e. The van der Waals surface area contributed by atoms with E-state index in [0.717, 1.165) is 29.8 Å². The van der Waals surface area contributed by atoms with Crippen LogP contribution in [0.1, 0.15) is 10.4 Å². The quantitative estimate of drug-likeness (QED) is 0.750. The second kappa shape index (κ2) is 8.16. The van der Waals surface area contributed by atoms with Gasteiger partial charge in [0, 0.05) is 48.9 Å². The summed E-state index contributed by atoms with van der Waals surface area (Å²) in [5.74, 6) is 1.25. The van der Waals surface area contributed by atoms with Crippen molar-refractivity contribution in [3.63, 3.8) is 0 Å². The monoisotopic (exact) mass is 457 g/mol. The van der Waals surface area contributed by atoms with Gasteiger partial charge in [-0.1, -0.05) is 23.9 Å². The van der Waals surface area contributed by atoms with Crippen molar-refractivity contribution in [2.75, 3.05) is 47.9 Å². The number of hydrogen-bond donors (Lipinski definition) is 1. The molecule has 1 amide bonds. The fourth-order valence-corrected chi connectivity index (χ4v) is 7.81. The number of nitrogens with one attached hydrogen (secondary N) is 1. The maximum Gasteiger partial charge on any atom is 0.254 e. The van der Waals surface area contributed by atoms with Crippen LogP contribution in [0.5, 0.6) is 0 Å². The standard InChI is InChI=1S/C21H23N5O3S2/c27-20(26-10-8-25(9-11-26)19-6-1-2-7-22-19)15-4-3-5-16(12-15)23-21-24-17-13-31(28,29)14-18(17)30-21/h1-7,12,17-18H,8-11,13-14H2,(H,23,24)/t17-,18+/m1/s1. The number of amides is 1. The zero-order chi connectivity index (χ0) is 21.4. The van der Waals surface area contributed by atoms with Gasteiger partial charge in [-0.25, -0.2) is 13.4 Å². The van der Waals surface area contributed by atoms with Gasteiger partial charge in [-0.15, -0.1) is 0 Å². The summed E-state index contributed by atoms with van der Waals surface area (Å²) in [5, 5.41) is 3.97. The normalized spacial score (nSPS) is 24.6. The molecule has 0 spiro atoms. The minimum atomic E-state index is -2.97. The predicted molar refractivity (Wildman–Crippen MR) is 124 cm³/mol. The maximum absolute atomic E-state index is 13.0. The molecule has 2 atom stereocenters. The Labute approximate surface area is 185 Å². The van der Waals surface area contributed by atoms with Crippen molar-refractivity contribution in [2.24, 2.45) is 4.99 Å². The molecule has 8 nitrogen and oxygen atoms in total. The van der Waals surface area contributed by atoms with Crippen molar-refractivity contribution in [3.8, 4) is 0 Å². The predicted octanol–water partition coefficient (Wildman–Crippen LogP) is 1.72. The molecule has 2 saturated heterocycles. The number of thioether (sulfide) groups is 1. The third kappa shape index (κ3) is 4.40. The Kier molecular flexibility index (Phi) is 5.35. The molecule has 3 aliphatic rings. The van der Waals surface area contributed by atoms with Gasteiger partial charge in [0.05, 0.1) is 17.5 Å². The van der Waals surface area contributed by atoms with Crippen molar-refractivity contribution < 1.29 is 13.2 Å². The van der Waals surface area contributed by atoms with Gasteiger partial charge in [-0.05, 0) is 30.3 Å². The summed E-state index contributed by atoms with van der Waals surface area (Å²) in [5.41, 5.74) is 1.41. The van der Waals surface area contributed by atoms with Crippen LogP contribution in [0, 0.1) is 0 Å². The molecule has 31 heavy (non-hydrogen) atoms. The number of piperazine rings is 1. The molecule has 1 N–H and O–H groups in total. The van der Waals surface area contributed by atoms with Crippen LogP contribution in [0.25, 0.3) is 0 Å². The first-order valence-electron chi connectivity index (χ1n) is 10.2. The number of carbonyl (C=O) groups is 1. The third-order valence-electron chi connectivity index (χ3n) is 5.72. The van der Waals surface area contributed by atoms with E-state index >= 15 is 0 Å². The van der Waals surface area contributed by atoms with E-state index in [0.29, 0.717) is 18.7 Å². The highest BCUT2D eigenvalue weighted by Crippen LogP contribution is 2.34. The van der Waals surface area contributed by atoms with Gasteiger partial charge < -0.3 is 15.1 Å². The molecule has 162 valence electrons. The molecule has 1 aromatic heterocycles. The number of carbonyl (C=O) groups excluding carboxylic acids is 1. The molecule has 2 fully saturated rings. The van der Waals surface area contributed by atoms with Gasteiger partial charge in [0.15, 0.2) is 15.0 Å². The largest absolute Gasteiger partial charge is 0.353 e. The molecule has 0 saturated carbocycles. The number of aliphatic imine (C=N–C) groups is 1. The van der Waals surface area contributed by atoms with Gasteiger partial charge in [-0.3, -0.25) is 9.79 Å². The SMILES string of the molecule is O=C(c1cccc(NC2=N[C@@H]3CS(=O)(=O)C[C@@H]3S2)c1)N1CCN(c2ccccn2)CC1. The lowest BCUT2D eigenvalue weighted by Gasteiger charge is -2.35. The van der Waals surface area contributed by atoms with E-state index in [4.69, 9.17) is 0 Å². The second-order valence-corrected chi connectivity index (χ2v) is 11.3. The lowest BCUT2D eigenvalue weighted by atomic mass is 10.1. The first-order valence-corrected chi connectivity index (χ1v) is 12.9. The average Bonchev–Trinajstić information content (AvgIpc) is 3.26. The van der Waals surface area contributed by atoms with Gasteiger partial charge in [0.1, 0.15) is 5.82 Å². The van der Waals surface area contributed by atoms with Crippen LogP contribution in [0.15, 0.2) is 53.7 Å². The Morgan fingerprint density at radius 3 is 2.65 bits per heavy atom. The number of nitrogens with zero attached hydrogens (tertiary/aromatic N) is 4. The van der Waals surface area contributed by atoms with Gasteiger partial charge in [-0.2, -0.15) is 0 Å². The van der Waals surface area contributed by atoms with E-state index in [1.165, 1.54) is 11.8 Å². The van der Waals surface area contributed by atoms with E-state index in [1.54, 1.807) is 6.20 Å². The number of benzene rings is 1. The third-order valence-corrected chi connectivity index (χ3v) is 8.86. The Hall–Kier alpha value is -2.59. The summed E-state index contributed by atoms with van der Waals surface area (Å²) < 4.78 is 23.5. The summed E-state index contributed by atoms with van der Waals surface area (Å²) in [4.78, 5) is 26.0. The lowest BCUT2D eigenvalue weighted by molar-refractivity contribution is 0.0746. The van der Waals surface area contributed by atoms with Crippen molar-refractivity contribution >= 4 is 44.2 Å². The maximum atomic E-state index is 13.0. The summed E-state index contributed by atoms with van der Waals surface area (Å²) >= 11 is 1.47. The summed E-state index contributed by atoms with van der Waals surface area (Å²) in [7, 11) is -2.97. The highest BCUT2D eigenvalue weighted by Gasteiger charge is 2.42. The molecule has 0 unspecified atom stereocenters. The van der Waals surface area contributed by atoms with Crippen molar-refractivity contribution in [1.82, 2.24) is 9.88 Å². The molecule has 5 rings (SSSR count). The smallest absolute Gasteiger partial charge is 0.254 e. The van der Waals surface area contributed by atoms with E-state index in [2.05, 4.69) is 20.2 Å². The first kappa shape index (κ1) is 20.3. The van der Waals surface area contributed by atoms with Gasteiger partial charge in [0.2, 0.25) is 0 Å². The zero-order valence-corrected chi connectivity index (χ0v) is 18.5. The molecule has 2 aromatic rings. The molecule has 3 aliphatic heterocycles. The summed E-state index contributed by atoms with van der Waals surface area (Å²) in [6.45, 7) is 2.79. The minimum absolute atomic E-state index is 0.00675. The molecule has 1 aromatic carbocycles. The van der Waals surface area contributed by atoms with Crippen LogP contribution >= 0.6 is 11.8 Å². The number of anilines is 2. The first-order chi connectivity index (χ1) is 15.0. The van der Waals surface area contributed by atoms with Crippen LogP contribution in [-0.4, -0.2) is 78.4 Å². The zero-order valence-electron chi connectivity index (χ0n) is 16.8. The Balaban J connectivity index is 1.21. The Morgan fingerprint density at radius 1 is 1.06 bits per heavy atom. The molecule has 4 heterocycles. The van der Waals surface area contributed by atoms with Crippen molar-refractivity contribution in [1.29, 1.82) is 0 Å². The van der Waals surface area contributed by atoms with E-state index in [9.17, 15) is 13.2 Å². The van der Waals surface area contributed by atoms with Crippen molar-refractivity contribution in [3.05, 3.63) is 54.2 Å². The molecule has 0 aliphatic carbocycles. The van der Waals surface area contributed by atoms with E-state index in [1.807, 2.05) is 47.4 Å². The Bertz CT molecular complexity index is 1110. The van der Waals surface area contributed by atoms with Crippen LogP contribution in [-0.2, 0) is 9.84 Å². The number of pyridine rings is 1. The van der Waals surface area contributed by atoms with Crippen molar-refractivity contribution in [2.45, 2.75) is 11.3 Å². The average molecular weight is 458 g/mol. The van der Waals surface area contributed by atoms with E-state index in [-0.39, 0.29) is 28.7 Å². The Morgan fingerprint density at radius 2 is 1.90 bits per heavy atom. The molecular formula is C21H23N5O3S2. The highest BCUT2D eigenvalue weighted by molar-refractivity contribution is 8.15. The number of hydrogen-bond acceptors (Lipinski definition) is 8. The van der Waals surface area contributed by atoms with Crippen LogP contribution in [0.2, 0.25) is 0 Å². The summed E-state index contributed by atoms with van der Waals surface area (Å²) in [6, 6.07) is 13.1. The van der Waals surface area contributed by atoms with Gasteiger partial charge in [0.25, 0.3) is 5.91 Å². The second-order valence-electron chi connectivity index (χ2n) is 7.91.